The first-order valence-corrected chi connectivity index (χ1v) is 6.81. The van der Waals surface area contributed by atoms with Crippen molar-refractivity contribution in [2.24, 2.45) is 11.8 Å². The molecule has 3 nitrogen and oxygen atoms in total. The van der Waals surface area contributed by atoms with E-state index in [1.807, 2.05) is 30.3 Å². The Labute approximate surface area is 109 Å². The van der Waals surface area contributed by atoms with Gasteiger partial charge in [0.25, 0.3) is 0 Å². The zero-order chi connectivity index (χ0) is 12.8. The Morgan fingerprint density at radius 1 is 1.28 bits per heavy atom. The molecule has 1 aromatic carbocycles. The van der Waals surface area contributed by atoms with E-state index in [2.05, 4.69) is 17.6 Å². The molecule has 1 saturated carbocycles. The smallest absolute Gasteiger partial charge is 0.239 e. The SMILES string of the molecule is CC1CCCC1CNC(=O)CNc1ccccc1. The molecule has 98 valence electrons. The number of anilines is 1. The van der Waals surface area contributed by atoms with Crippen LogP contribution in [0.25, 0.3) is 0 Å². The van der Waals surface area contributed by atoms with Gasteiger partial charge < -0.3 is 10.6 Å². The Kier molecular flexibility index (Phi) is 4.62. The molecule has 0 bridgehead atoms. The zero-order valence-electron chi connectivity index (χ0n) is 11.0. The van der Waals surface area contributed by atoms with Crippen molar-refractivity contribution in [2.45, 2.75) is 26.2 Å². The van der Waals surface area contributed by atoms with Crippen LogP contribution >= 0.6 is 0 Å². The largest absolute Gasteiger partial charge is 0.376 e. The summed E-state index contributed by atoms with van der Waals surface area (Å²) in [6.45, 7) is 3.47. The van der Waals surface area contributed by atoms with Gasteiger partial charge in [0.05, 0.1) is 6.54 Å². The minimum atomic E-state index is 0.0814. The van der Waals surface area contributed by atoms with Gasteiger partial charge >= 0.3 is 0 Å². The minimum Gasteiger partial charge on any atom is -0.376 e. The lowest BCUT2D eigenvalue weighted by molar-refractivity contribution is -0.119. The third-order valence-electron chi connectivity index (χ3n) is 3.83. The Hall–Kier alpha value is -1.51. The van der Waals surface area contributed by atoms with Gasteiger partial charge in [0.15, 0.2) is 0 Å². The molecule has 0 aromatic heterocycles. The lowest BCUT2D eigenvalue weighted by Gasteiger charge is -2.16. The van der Waals surface area contributed by atoms with Gasteiger partial charge in [0.2, 0.25) is 5.91 Å². The number of nitrogens with one attached hydrogen (secondary N) is 2. The van der Waals surface area contributed by atoms with Gasteiger partial charge in [-0.2, -0.15) is 0 Å². The summed E-state index contributed by atoms with van der Waals surface area (Å²) in [5, 5.41) is 6.14. The fraction of sp³-hybridized carbons (Fsp3) is 0.533. The second kappa shape index (κ2) is 6.43. The van der Waals surface area contributed by atoms with Crippen molar-refractivity contribution in [1.82, 2.24) is 5.32 Å². The van der Waals surface area contributed by atoms with Crippen LogP contribution in [-0.4, -0.2) is 19.0 Å². The number of carbonyl (C=O) groups excluding carboxylic acids is 1. The Balaban J connectivity index is 1.66. The second-order valence-electron chi connectivity index (χ2n) is 5.19. The fourth-order valence-corrected chi connectivity index (χ4v) is 2.57. The van der Waals surface area contributed by atoms with Crippen molar-refractivity contribution >= 4 is 11.6 Å². The number of hydrogen-bond acceptors (Lipinski definition) is 2. The van der Waals surface area contributed by atoms with Crippen molar-refractivity contribution in [3.8, 4) is 0 Å². The molecular weight excluding hydrogens is 224 g/mol. The summed E-state index contributed by atoms with van der Waals surface area (Å²) in [5.41, 5.74) is 0.988. The van der Waals surface area contributed by atoms with E-state index in [0.29, 0.717) is 12.5 Å². The third-order valence-corrected chi connectivity index (χ3v) is 3.83. The second-order valence-corrected chi connectivity index (χ2v) is 5.19. The van der Waals surface area contributed by atoms with Crippen molar-refractivity contribution in [1.29, 1.82) is 0 Å². The maximum Gasteiger partial charge on any atom is 0.239 e. The normalized spacial score (nSPS) is 22.7. The number of carbonyl (C=O) groups is 1. The molecule has 1 aromatic rings. The summed E-state index contributed by atoms with van der Waals surface area (Å²) in [7, 11) is 0. The Bertz CT molecular complexity index is 377. The van der Waals surface area contributed by atoms with Crippen LogP contribution in [0.2, 0.25) is 0 Å². The quantitative estimate of drug-likeness (QED) is 0.838. The highest BCUT2D eigenvalue weighted by Crippen LogP contribution is 2.30. The van der Waals surface area contributed by atoms with Crippen LogP contribution in [0.5, 0.6) is 0 Å². The first-order valence-electron chi connectivity index (χ1n) is 6.81. The summed E-state index contributed by atoms with van der Waals surface area (Å²) in [6, 6.07) is 9.81. The topological polar surface area (TPSA) is 41.1 Å². The van der Waals surface area contributed by atoms with Crippen LogP contribution in [0.15, 0.2) is 30.3 Å². The average Bonchev–Trinajstić information content (AvgIpc) is 2.81. The van der Waals surface area contributed by atoms with Crippen LogP contribution < -0.4 is 10.6 Å². The highest BCUT2D eigenvalue weighted by atomic mass is 16.1. The molecule has 18 heavy (non-hydrogen) atoms. The highest BCUT2D eigenvalue weighted by molar-refractivity contribution is 5.80. The molecular formula is C15H22N2O. The minimum absolute atomic E-state index is 0.0814. The Morgan fingerprint density at radius 2 is 2.06 bits per heavy atom. The van der Waals surface area contributed by atoms with Gasteiger partial charge in [-0.05, 0) is 30.4 Å². The molecule has 2 unspecified atom stereocenters. The maximum atomic E-state index is 11.7. The monoisotopic (exact) mass is 246 g/mol. The first kappa shape index (κ1) is 12.9. The van der Waals surface area contributed by atoms with Gasteiger partial charge in [-0.1, -0.05) is 38.0 Å². The van der Waals surface area contributed by atoms with Crippen molar-refractivity contribution < 1.29 is 4.79 Å². The number of benzene rings is 1. The molecule has 1 aliphatic carbocycles. The van der Waals surface area contributed by atoms with Crippen LogP contribution in [0.1, 0.15) is 26.2 Å². The molecule has 3 heteroatoms. The number of hydrogen-bond donors (Lipinski definition) is 2. The van der Waals surface area contributed by atoms with Gasteiger partial charge in [0.1, 0.15) is 0 Å². The van der Waals surface area contributed by atoms with Crippen LogP contribution in [0.4, 0.5) is 5.69 Å². The lowest BCUT2D eigenvalue weighted by atomic mass is 9.98. The number of rotatable bonds is 5. The third kappa shape index (κ3) is 3.76. The van der Waals surface area contributed by atoms with Crippen molar-refractivity contribution in [2.75, 3.05) is 18.4 Å². The summed E-state index contributed by atoms with van der Waals surface area (Å²) in [6.07, 6.45) is 3.88. The van der Waals surface area contributed by atoms with E-state index in [4.69, 9.17) is 0 Å². The summed E-state index contributed by atoms with van der Waals surface area (Å²) >= 11 is 0. The molecule has 0 radical (unpaired) electrons. The molecule has 2 atom stereocenters. The molecule has 0 heterocycles. The van der Waals surface area contributed by atoms with E-state index in [-0.39, 0.29) is 5.91 Å². The Morgan fingerprint density at radius 3 is 2.72 bits per heavy atom. The molecule has 0 aliphatic heterocycles. The maximum absolute atomic E-state index is 11.7. The fourth-order valence-electron chi connectivity index (χ4n) is 2.57. The van der Waals surface area contributed by atoms with Gasteiger partial charge in [-0.3, -0.25) is 4.79 Å². The summed E-state index contributed by atoms with van der Waals surface area (Å²) in [5.74, 6) is 1.51. The molecule has 2 rings (SSSR count). The average molecular weight is 246 g/mol. The predicted octanol–water partition coefficient (Wildman–Crippen LogP) is 2.65. The van der Waals surface area contributed by atoms with E-state index in [9.17, 15) is 4.79 Å². The van der Waals surface area contributed by atoms with Crippen LogP contribution in [0, 0.1) is 11.8 Å². The molecule has 1 fully saturated rings. The van der Waals surface area contributed by atoms with Gasteiger partial charge in [0, 0.05) is 12.2 Å². The van der Waals surface area contributed by atoms with Crippen LogP contribution in [-0.2, 0) is 4.79 Å². The van der Waals surface area contributed by atoms with E-state index in [1.165, 1.54) is 19.3 Å². The van der Waals surface area contributed by atoms with Crippen molar-refractivity contribution in [3.63, 3.8) is 0 Å². The lowest BCUT2D eigenvalue weighted by Crippen LogP contribution is -2.34. The highest BCUT2D eigenvalue weighted by Gasteiger charge is 2.23. The van der Waals surface area contributed by atoms with E-state index in [0.717, 1.165) is 18.2 Å². The molecule has 0 saturated heterocycles. The summed E-state index contributed by atoms with van der Waals surface area (Å²) in [4.78, 5) is 11.7. The van der Waals surface area contributed by atoms with Gasteiger partial charge in [-0.25, -0.2) is 0 Å². The van der Waals surface area contributed by atoms with E-state index >= 15 is 0 Å². The van der Waals surface area contributed by atoms with Crippen LogP contribution in [0.3, 0.4) is 0 Å². The summed E-state index contributed by atoms with van der Waals surface area (Å²) < 4.78 is 0. The number of para-hydroxylation sites is 1. The predicted molar refractivity (Wildman–Crippen MR) is 74.4 cm³/mol. The number of amides is 1. The molecule has 1 amide bonds. The molecule has 2 N–H and O–H groups in total. The molecule has 1 aliphatic rings. The van der Waals surface area contributed by atoms with Gasteiger partial charge in [-0.15, -0.1) is 0 Å². The standard InChI is InChI=1S/C15H22N2O/c1-12-6-5-7-13(12)10-17-15(18)11-16-14-8-3-2-4-9-14/h2-4,8-9,12-13,16H,5-7,10-11H2,1H3,(H,17,18). The zero-order valence-corrected chi connectivity index (χ0v) is 11.0. The van der Waals surface area contributed by atoms with E-state index in [1.54, 1.807) is 0 Å². The van der Waals surface area contributed by atoms with E-state index < -0.39 is 0 Å². The first-order chi connectivity index (χ1) is 8.75. The van der Waals surface area contributed by atoms with Crippen molar-refractivity contribution in [3.05, 3.63) is 30.3 Å². The molecule has 0 spiro atoms.